The molecule has 0 fully saturated rings. The van der Waals surface area contributed by atoms with Crippen molar-refractivity contribution >= 4 is 15.6 Å². The molecule has 24 heavy (non-hydrogen) atoms. The minimum Gasteiger partial charge on any atom is -0.790 e. The summed E-state index contributed by atoms with van der Waals surface area (Å²) >= 11 is 0. The van der Waals surface area contributed by atoms with Crippen molar-refractivity contribution in [3.63, 3.8) is 0 Å². The Kier molecular flexibility index (Phi) is 11.1. The maximum absolute atomic E-state index is 11.0. The van der Waals surface area contributed by atoms with Gasteiger partial charge in [-0.25, -0.2) is 0 Å². The van der Waals surface area contributed by atoms with Gasteiger partial charge in [-0.3, -0.25) is 8.88 Å². The molecule has 0 aromatic rings. The van der Waals surface area contributed by atoms with Gasteiger partial charge in [-0.1, -0.05) is 28.4 Å². The van der Waals surface area contributed by atoms with Gasteiger partial charge in [0.2, 0.25) is 0 Å². The fourth-order valence-electron chi connectivity index (χ4n) is 1.64. The highest BCUT2D eigenvalue weighted by molar-refractivity contribution is 7.58. The normalized spacial score (nSPS) is 15.7. The second-order valence-electron chi connectivity index (χ2n) is 4.97. The van der Waals surface area contributed by atoms with Gasteiger partial charge in [0.05, 0.1) is 14.4 Å². The molecule has 0 bridgehead atoms. The molecule has 10 nitrogen and oxygen atoms in total. The smallest absolute Gasteiger partial charge is 0.272 e. The average molecular weight is 380 g/mol. The van der Waals surface area contributed by atoms with Gasteiger partial charge in [-0.2, -0.15) is 0 Å². The van der Waals surface area contributed by atoms with Gasteiger partial charge in [0.1, 0.15) is 0 Å². The Bertz CT molecular complexity index is 593. The van der Waals surface area contributed by atoms with Crippen LogP contribution in [-0.4, -0.2) is 13.2 Å². The number of phosphoric acid groups is 2. The van der Waals surface area contributed by atoms with Gasteiger partial charge < -0.3 is 23.8 Å². The Morgan fingerprint density at radius 2 is 1.79 bits per heavy atom. The van der Waals surface area contributed by atoms with E-state index in [9.17, 15) is 23.8 Å². The highest BCUT2D eigenvalue weighted by Gasteiger charge is 2.10. The number of azide groups is 1. The average Bonchev–Trinajstić information content (AvgIpc) is 2.40. The molecule has 0 spiro atoms. The fraction of sp³-hybridized carbons (Fsp3) is 0.667. The van der Waals surface area contributed by atoms with E-state index in [1.807, 2.05) is 13.0 Å². The number of phosphoric ester groups is 1. The Balaban J connectivity index is 4.13. The maximum atomic E-state index is 11.0. The summed E-state index contributed by atoms with van der Waals surface area (Å²) in [6, 6.07) is 0. The highest BCUT2D eigenvalue weighted by Crippen LogP contribution is 2.50. The van der Waals surface area contributed by atoms with E-state index in [1.165, 1.54) is 6.08 Å². The number of hydrogen-bond acceptors (Lipinski definition) is 8. The first kappa shape index (κ1) is 23.1. The summed E-state index contributed by atoms with van der Waals surface area (Å²) in [5.74, 6) is 0. The molecule has 138 valence electrons. The molecule has 12 heteroatoms. The third kappa shape index (κ3) is 14.6. The lowest BCUT2D eigenvalue weighted by atomic mass is 10.1. The lowest BCUT2D eigenvalue weighted by Gasteiger charge is -2.34. The third-order valence-electron chi connectivity index (χ3n) is 2.79. The van der Waals surface area contributed by atoms with E-state index in [4.69, 9.17) is 5.53 Å². The number of nitrogens with zero attached hydrogens (tertiary/aromatic N) is 3. The monoisotopic (exact) mass is 380 g/mol. The van der Waals surface area contributed by atoms with Crippen LogP contribution in [0.4, 0.5) is 0 Å². The molecule has 0 aliphatic carbocycles. The van der Waals surface area contributed by atoms with Crippen LogP contribution in [0.5, 0.6) is 0 Å². The van der Waals surface area contributed by atoms with Gasteiger partial charge >= 0.3 is 0 Å². The van der Waals surface area contributed by atoms with Crippen LogP contribution in [0.3, 0.4) is 0 Å². The first-order valence-corrected chi connectivity index (χ1v) is 9.99. The van der Waals surface area contributed by atoms with Gasteiger partial charge in [0.25, 0.3) is 7.82 Å². The summed E-state index contributed by atoms with van der Waals surface area (Å²) in [6.07, 6.45) is 6.48. The topological polar surface area (TPSA) is 171 Å². The molecule has 0 N–H and O–H groups in total. The first-order valence-electron chi connectivity index (χ1n) is 7.07. The maximum Gasteiger partial charge on any atom is 0.272 e. The lowest BCUT2D eigenvalue weighted by molar-refractivity contribution is -0.339. The van der Waals surface area contributed by atoms with Crippen LogP contribution < -0.4 is 14.7 Å². The van der Waals surface area contributed by atoms with Crippen LogP contribution in [0.1, 0.15) is 39.5 Å². The molecule has 1 unspecified atom stereocenters. The molecule has 0 aliphatic rings. The van der Waals surface area contributed by atoms with Crippen molar-refractivity contribution in [2.75, 3.05) is 13.2 Å². The molecule has 0 amide bonds. The Morgan fingerprint density at radius 1 is 1.17 bits per heavy atom. The molecular weight excluding hydrogens is 360 g/mol. The zero-order valence-electron chi connectivity index (χ0n) is 13.5. The van der Waals surface area contributed by atoms with Crippen LogP contribution in [0.15, 0.2) is 28.4 Å². The van der Waals surface area contributed by atoms with Crippen molar-refractivity contribution in [2.24, 2.45) is 5.11 Å². The van der Waals surface area contributed by atoms with Gasteiger partial charge in [-0.15, -0.1) is 0 Å². The van der Waals surface area contributed by atoms with Crippen LogP contribution in [0.2, 0.25) is 0 Å². The standard InChI is InChI=1S/C12H23N3O7P2/c1-11(7-4-9-14-15-13)5-3-6-12(2)8-10-21-24(19,20)22-23(16,17)18/h5,8H,3-4,6-7,9-10H2,1-2H3,(H,19,20)(H2,16,17,18)/p-3/b11-5+,12-8+. The second-order valence-corrected chi connectivity index (χ2v) is 7.67. The highest BCUT2D eigenvalue weighted by atomic mass is 31.3. The van der Waals surface area contributed by atoms with Crippen molar-refractivity contribution in [2.45, 2.75) is 39.5 Å². The van der Waals surface area contributed by atoms with Crippen molar-refractivity contribution in [1.29, 1.82) is 0 Å². The summed E-state index contributed by atoms with van der Waals surface area (Å²) in [5, 5.41) is 3.44. The molecule has 1 atom stereocenters. The van der Waals surface area contributed by atoms with Crippen LogP contribution >= 0.6 is 15.6 Å². The molecule has 0 saturated carbocycles. The molecule has 0 radical (unpaired) electrons. The van der Waals surface area contributed by atoms with E-state index < -0.39 is 22.3 Å². The summed E-state index contributed by atoms with van der Waals surface area (Å²) in [5.41, 5.74) is 10.1. The van der Waals surface area contributed by atoms with Gasteiger partial charge in [0.15, 0.2) is 0 Å². The quantitative estimate of drug-likeness (QED) is 0.124. The van der Waals surface area contributed by atoms with Gasteiger partial charge in [0, 0.05) is 11.5 Å². The summed E-state index contributed by atoms with van der Waals surface area (Å²) < 4.78 is 28.8. The fourth-order valence-corrected chi connectivity index (χ4v) is 3.07. The van der Waals surface area contributed by atoms with Crippen molar-refractivity contribution in [3.05, 3.63) is 33.7 Å². The van der Waals surface area contributed by atoms with E-state index in [-0.39, 0.29) is 0 Å². The molecule has 0 aromatic heterocycles. The molecular formula is C12H20N3O7P2-3. The first-order chi connectivity index (χ1) is 11.1. The number of allylic oxidation sites excluding steroid dienone is 3. The van der Waals surface area contributed by atoms with E-state index in [1.54, 1.807) is 6.92 Å². The predicted molar refractivity (Wildman–Crippen MR) is 82.2 cm³/mol. The Labute approximate surface area is 140 Å². The minimum atomic E-state index is -5.65. The Morgan fingerprint density at radius 3 is 2.38 bits per heavy atom. The molecule has 0 rings (SSSR count). The summed E-state index contributed by atoms with van der Waals surface area (Å²) in [6.45, 7) is 3.76. The van der Waals surface area contributed by atoms with E-state index >= 15 is 0 Å². The lowest BCUT2D eigenvalue weighted by Crippen LogP contribution is -2.19. The summed E-state index contributed by atoms with van der Waals surface area (Å²) in [4.78, 5) is 34.1. The predicted octanol–water partition coefficient (Wildman–Crippen LogP) is 2.08. The summed E-state index contributed by atoms with van der Waals surface area (Å²) in [7, 11) is -10.8. The van der Waals surface area contributed by atoms with E-state index in [0.717, 1.165) is 30.4 Å². The van der Waals surface area contributed by atoms with Crippen molar-refractivity contribution < 1.29 is 32.6 Å². The number of rotatable bonds is 12. The minimum absolute atomic E-state index is 0.415. The van der Waals surface area contributed by atoms with Crippen LogP contribution in [0, 0.1) is 0 Å². The SMILES string of the molecule is C/C(=C\COP(=O)([O-])OP(=O)([O-])[O-])CC/C=C(\C)CCCN=[N+]=[N-]. The Hall–Kier alpha value is -0.950. The molecule has 0 saturated heterocycles. The van der Waals surface area contributed by atoms with E-state index in [0.29, 0.717) is 13.0 Å². The van der Waals surface area contributed by atoms with Gasteiger partial charge in [-0.05, 0) is 45.1 Å². The van der Waals surface area contributed by atoms with E-state index in [2.05, 4.69) is 18.9 Å². The zero-order chi connectivity index (χ0) is 18.6. The van der Waals surface area contributed by atoms with Crippen LogP contribution in [-0.2, 0) is 18.0 Å². The zero-order valence-corrected chi connectivity index (χ0v) is 15.3. The largest absolute Gasteiger partial charge is 0.790 e. The van der Waals surface area contributed by atoms with Crippen LogP contribution in [0.25, 0.3) is 10.4 Å². The number of hydrogen-bond donors (Lipinski definition) is 0. The second kappa shape index (κ2) is 11.6. The third-order valence-corrected chi connectivity index (χ3v) is 4.85. The van der Waals surface area contributed by atoms with Crippen molar-refractivity contribution in [3.8, 4) is 0 Å². The molecule has 0 heterocycles. The molecule has 0 aromatic carbocycles. The molecule has 0 aliphatic heterocycles. The van der Waals surface area contributed by atoms with Crippen molar-refractivity contribution in [1.82, 2.24) is 0 Å².